The van der Waals surface area contributed by atoms with Gasteiger partial charge in [0.25, 0.3) is 0 Å². The largest absolute Gasteiger partial charge is 0.497 e. The lowest BCUT2D eigenvalue weighted by molar-refractivity contribution is 0.318. The topological polar surface area (TPSA) is 77.1 Å². The number of hydrogen-bond donors (Lipinski definition) is 2. The lowest BCUT2D eigenvalue weighted by Crippen LogP contribution is -2.14. The van der Waals surface area contributed by atoms with E-state index in [4.69, 9.17) is 20.4 Å². The summed E-state index contributed by atoms with van der Waals surface area (Å²) in [5.74, 6) is 1.83. The molecule has 0 amide bonds. The third-order valence-electron chi connectivity index (χ3n) is 2.79. The Hall–Kier alpha value is -2.69. The van der Waals surface area contributed by atoms with Crippen molar-refractivity contribution in [1.29, 1.82) is 0 Å². The molecule has 0 bridgehead atoms. The Bertz CT molecular complexity index is 639. The maximum atomic E-state index is 8.82. The molecule has 0 fully saturated rings. The molecule has 0 aromatic heterocycles. The number of nitrogens with two attached hydrogens (primary N) is 1. The van der Waals surface area contributed by atoms with Gasteiger partial charge in [-0.3, -0.25) is 0 Å². The van der Waals surface area contributed by atoms with Gasteiger partial charge in [0.1, 0.15) is 17.2 Å². The average molecular weight is 272 g/mol. The highest BCUT2D eigenvalue weighted by Gasteiger charge is 2.10. The van der Waals surface area contributed by atoms with Crippen molar-refractivity contribution in [2.45, 2.75) is 6.92 Å². The van der Waals surface area contributed by atoms with Crippen molar-refractivity contribution in [1.82, 2.24) is 0 Å². The van der Waals surface area contributed by atoms with Crippen molar-refractivity contribution in [3.63, 3.8) is 0 Å². The van der Waals surface area contributed by atoms with Crippen LogP contribution in [0.3, 0.4) is 0 Å². The molecule has 2 rings (SSSR count). The SMILES string of the molecule is COc1cccc(Oc2cc(C)ccc2C(N)=NO)c1. The van der Waals surface area contributed by atoms with E-state index in [-0.39, 0.29) is 5.84 Å². The van der Waals surface area contributed by atoms with E-state index in [2.05, 4.69) is 5.16 Å². The number of hydrogen-bond acceptors (Lipinski definition) is 4. The molecule has 0 spiro atoms. The van der Waals surface area contributed by atoms with Crippen LogP contribution in [0.15, 0.2) is 47.6 Å². The fourth-order valence-electron chi connectivity index (χ4n) is 1.77. The highest BCUT2D eigenvalue weighted by atomic mass is 16.5. The van der Waals surface area contributed by atoms with Crippen LogP contribution in [0.1, 0.15) is 11.1 Å². The molecule has 104 valence electrons. The number of benzene rings is 2. The monoisotopic (exact) mass is 272 g/mol. The molecular formula is C15H16N2O3. The summed E-state index contributed by atoms with van der Waals surface area (Å²) in [4.78, 5) is 0. The molecule has 5 heteroatoms. The Morgan fingerprint density at radius 2 is 1.90 bits per heavy atom. The standard InChI is InChI=1S/C15H16N2O3/c1-10-6-7-13(15(16)17-18)14(8-10)20-12-5-3-4-11(9-12)19-2/h3-9,18H,1-2H3,(H2,16,17). The van der Waals surface area contributed by atoms with E-state index < -0.39 is 0 Å². The Labute approximate surface area is 117 Å². The van der Waals surface area contributed by atoms with E-state index in [0.29, 0.717) is 22.8 Å². The molecule has 0 heterocycles. The molecule has 0 radical (unpaired) electrons. The molecule has 0 unspecified atom stereocenters. The fourth-order valence-corrected chi connectivity index (χ4v) is 1.77. The normalized spacial score (nSPS) is 11.2. The number of oxime groups is 1. The minimum absolute atomic E-state index is 0.00268. The van der Waals surface area contributed by atoms with Crippen LogP contribution in [-0.4, -0.2) is 18.2 Å². The zero-order valence-electron chi connectivity index (χ0n) is 11.3. The van der Waals surface area contributed by atoms with Crippen molar-refractivity contribution in [2.24, 2.45) is 10.9 Å². The first-order valence-electron chi connectivity index (χ1n) is 6.04. The third-order valence-corrected chi connectivity index (χ3v) is 2.79. The minimum atomic E-state index is 0.00268. The second kappa shape index (κ2) is 5.97. The Morgan fingerprint density at radius 3 is 2.60 bits per heavy atom. The third kappa shape index (κ3) is 3.00. The van der Waals surface area contributed by atoms with Gasteiger partial charge >= 0.3 is 0 Å². The van der Waals surface area contributed by atoms with Crippen molar-refractivity contribution >= 4 is 5.84 Å². The van der Waals surface area contributed by atoms with Gasteiger partial charge in [0.15, 0.2) is 5.84 Å². The average Bonchev–Trinajstić information content (AvgIpc) is 2.47. The van der Waals surface area contributed by atoms with Gasteiger partial charge in [-0.15, -0.1) is 0 Å². The molecule has 20 heavy (non-hydrogen) atoms. The van der Waals surface area contributed by atoms with Crippen molar-refractivity contribution in [3.05, 3.63) is 53.6 Å². The van der Waals surface area contributed by atoms with E-state index in [0.717, 1.165) is 5.56 Å². The molecular weight excluding hydrogens is 256 g/mol. The van der Waals surface area contributed by atoms with E-state index in [1.807, 2.05) is 31.2 Å². The van der Waals surface area contributed by atoms with Gasteiger partial charge in [-0.05, 0) is 36.8 Å². The van der Waals surface area contributed by atoms with Crippen LogP contribution in [0, 0.1) is 6.92 Å². The van der Waals surface area contributed by atoms with Crippen molar-refractivity contribution in [2.75, 3.05) is 7.11 Å². The summed E-state index contributed by atoms with van der Waals surface area (Å²) in [6, 6.07) is 12.7. The van der Waals surface area contributed by atoms with Gasteiger partial charge in [-0.25, -0.2) is 0 Å². The van der Waals surface area contributed by atoms with Crippen molar-refractivity contribution < 1.29 is 14.7 Å². The van der Waals surface area contributed by atoms with Crippen LogP contribution in [0.4, 0.5) is 0 Å². The second-order valence-corrected chi connectivity index (χ2v) is 4.27. The number of amidine groups is 1. The fraction of sp³-hybridized carbons (Fsp3) is 0.133. The summed E-state index contributed by atoms with van der Waals surface area (Å²) in [5, 5.41) is 11.8. The van der Waals surface area contributed by atoms with Gasteiger partial charge < -0.3 is 20.4 Å². The molecule has 0 saturated heterocycles. The molecule has 0 aliphatic carbocycles. The first-order chi connectivity index (χ1) is 9.63. The van der Waals surface area contributed by atoms with Gasteiger partial charge in [-0.2, -0.15) is 0 Å². The molecule has 2 aromatic rings. The zero-order chi connectivity index (χ0) is 14.5. The second-order valence-electron chi connectivity index (χ2n) is 4.27. The zero-order valence-corrected chi connectivity index (χ0v) is 11.3. The summed E-state index contributed by atoms with van der Waals surface area (Å²) < 4.78 is 11.0. The van der Waals surface area contributed by atoms with Crippen LogP contribution in [0.5, 0.6) is 17.2 Å². The Balaban J connectivity index is 2.39. The van der Waals surface area contributed by atoms with Crippen LogP contribution in [-0.2, 0) is 0 Å². The van der Waals surface area contributed by atoms with Gasteiger partial charge in [-0.1, -0.05) is 17.3 Å². The molecule has 3 N–H and O–H groups in total. The number of rotatable bonds is 4. The first kappa shape index (κ1) is 13.7. The maximum absolute atomic E-state index is 8.82. The van der Waals surface area contributed by atoms with Crippen molar-refractivity contribution in [3.8, 4) is 17.2 Å². The van der Waals surface area contributed by atoms with E-state index in [1.165, 1.54) is 0 Å². The van der Waals surface area contributed by atoms with Gasteiger partial charge in [0.2, 0.25) is 0 Å². The molecule has 0 aliphatic rings. The summed E-state index contributed by atoms with van der Waals surface area (Å²) in [6.45, 7) is 1.94. The molecule has 0 saturated carbocycles. The highest BCUT2D eigenvalue weighted by molar-refractivity contribution is 5.99. The highest BCUT2D eigenvalue weighted by Crippen LogP contribution is 2.28. The molecule has 0 aliphatic heterocycles. The summed E-state index contributed by atoms with van der Waals surface area (Å²) in [5.41, 5.74) is 7.19. The van der Waals surface area contributed by atoms with Crippen LogP contribution >= 0.6 is 0 Å². The smallest absolute Gasteiger partial charge is 0.173 e. The van der Waals surface area contributed by atoms with Gasteiger partial charge in [0.05, 0.1) is 12.7 Å². The summed E-state index contributed by atoms with van der Waals surface area (Å²) >= 11 is 0. The van der Waals surface area contributed by atoms with E-state index >= 15 is 0 Å². The van der Waals surface area contributed by atoms with E-state index in [9.17, 15) is 0 Å². The quantitative estimate of drug-likeness (QED) is 0.388. The van der Waals surface area contributed by atoms with Gasteiger partial charge in [0, 0.05) is 6.07 Å². The first-order valence-corrected chi connectivity index (χ1v) is 6.04. The van der Waals surface area contributed by atoms with E-state index in [1.54, 1.807) is 25.3 Å². The molecule has 5 nitrogen and oxygen atoms in total. The lowest BCUT2D eigenvalue weighted by Gasteiger charge is -2.12. The summed E-state index contributed by atoms with van der Waals surface area (Å²) in [7, 11) is 1.59. The molecule has 2 aromatic carbocycles. The van der Waals surface area contributed by atoms with Crippen LogP contribution in [0.25, 0.3) is 0 Å². The van der Waals surface area contributed by atoms with Crippen LogP contribution in [0.2, 0.25) is 0 Å². The lowest BCUT2D eigenvalue weighted by atomic mass is 10.1. The Morgan fingerprint density at radius 1 is 1.15 bits per heavy atom. The van der Waals surface area contributed by atoms with Crippen LogP contribution < -0.4 is 15.2 Å². The predicted octanol–water partition coefficient (Wildman–Crippen LogP) is 2.89. The maximum Gasteiger partial charge on any atom is 0.173 e. The predicted molar refractivity (Wildman–Crippen MR) is 76.8 cm³/mol. The number of methoxy groups -OCH3 is 1. The number of nitrogens with zero attached hydrogens (tertiary/aromatic N) is 1. The summed E-state index contributed by atoms with van der Waals surface area (Å²) in [6.07, 6.45) is 0. The minimum Gasteiger partial charge on any atom is -0.497 e. The Kier molecular flexibility index (Phi) is 4.10. The molecule has 0 atom stereocenters. The number of aryl methyl sites for hydroxylation is 1. The number of ether oxygens (including phenoxy) is 2.